The topological polar surface area (TPSA) is 87.4 Å². The van der Waals surface area contributed by atoms with Crippen molar-refractivity contribution in [3.63, 3.8) is 0 Å². The molecule has 0 aliphatic carbocycles. The highest BCUT2D eigenvalue weighted by atomic mass is 16.1. The van der Waals surface area contributed by atoms with Crippen LogP contribution < -0.4 is 10.6 Å². The average Bonchev–Trinajstić information content (AvgIpc) is 3.49. The number of hydrogen-bond donors (Lipinski definition) is 1. The second-order valence-corrected chi connectivity index (χ2v) is 8.71. The zero-order valence-electron chi connectivity index (χ0n) is 19.1. The number of piperazine rings is 1. The highest BCUT2D eigenvalue weighted by Gasteiger charge is 2.36. The average molecular weight is 435 g/mol. The molecule has 0 spiro atoms. The van der Waals surface area contributed by atoms with Gasteiger partial charge in [-0.05, 0) is 43.5 Å². The van der Waals surface area contributed by atoms with Gasteiger partial charge in [0.1, 0.15) is 0 Å². The lowest BCUT2D eigenvalue weighted by Crippen LogP contribution is -2.59. The van der Waals surface area contributed by atoms with Crippen molar-refractivity contribution in [3.8, 4) is 0 Å². The first-order valence-electron chi connectivity index (χ1n) is 11.4. The predicted octanol–water partition coefficient (Wildman–Crippen LogP) is 2.74. The number of nitrogens with one attached hydrogen (secondary N) is 1. The molecular weight excluding hydrogens is 404 g/mol. The molecule has 5 rings (SSSR count). The second kappa shape index (κ2) is 8.05. The Hall–Kier alpha value is -3.20. The lowest BCUT2D eigenvalue weighted by molar-refractivity contribution is 0.101. The third-order valence-electron chi connectivity index (χ3n) is 7.04. The summed E-state index contributed by atoms with van der Waals surface area (Å²) in [5.74, 6) is 0.697. The summed E-state index contributed by atoms with van der Waals surface area (Å²) in [6, 6.07) is 7.30. The molecule has 1 aliphatic rings. The van der Waals surface area contributed by atoms with E-state index >= 15 is 0 Å². The van der Waals surface area contributed by atoms with Gasteiger partial charge in [0.2, 0.25) is 0 Å². The maximum Gasteiger partial charge on any atom is 0.349 e. The van der Waals surface area contributed by atoms with Gasteiger partial charge in [0.05, 0.1) is 11.0 Å². The number of pyridine rings is 1. The van der Waals surface area contributed by atoms with E-state index in [0.717, 1.165) is 42.5 Å². The Labute approximate surface area is 186 Å². The van der Waals surface area contributed by atoms with Crippen LogP contribution in [0.4, 0.5) is 5.82 Å². The molecule has 4 aromatic rings. The predicted molar refractivity (Wildman–Crippen MR) is 125 cm³/mol. The maximum absolute atomic E-state index is 12.5. The van der Waals surface area contributed by atoms with Crippen molar-refractivity contribution in [1.82, 2.24) is 34.3 Å². The monoisotopic (exact) mass is 434 g/mol. The van der Waals surface area contributed by atoms with Crippen LogP contribution >= 0.6 is 0 Å². The molecule has 32 heavy (non-hydrogen) atoms. The molecule has 9 heteroatoms. The molecule has 3 atom stereocenters. The van der Waals surface area contributed by atoms with E-state index in [1.54, 1.807) is 17.8 Å². The summed E-state index contributed by atoms with van der Waals surface area (Å²) in [6.07, 6.45) is 7.61. The number of nitrogens with zero attached hydrogens (tertiary/aromatic N) is 7. The molecule has 9 nitrogen and oxygen atoms in total. The minimum atomic E-state index is -0.248. The molecule has 4 aromatic heterocycles. The van der Waals surface area contributed by atoms with Gasteiger partial charge in [-0.2, -0.15) is 15.2 Å². The molecule has 1 fully saturated rings. The molecule has 0 amide bonds. The number of anilines is 1. The van der Waals surface area contributed by atoms with Gasteiger partial charge in [0.15, 0.2) is 11.3 Å². The first kappa shape index (κ1) is 20.7. The standard InChI is InChI=1S/C23H30N8O/c1-5-17-14-30(22-21-20(12-24-27-21)28(4)23(32)26-22)18(6-2)13-29(17)15(3)16-8-10-31-19(11-16)7-9-25-31/h7-12,15,17-18H,5-6,13-14H2,1-4H3,(H,24,27)/t15?,17-,18+/m1/s1. The Kier molecular flexibility index (Phi) is 5.21. The Bertz CT molecular complexity index is 1300. The Morgan fingerprint density at radius 2 is 2.00 bits per heavy atom. The van der Waals surface area contributed by atoms with Crippen molar-refractivity contribution >= 4 is 22.4 Å². The van der Waals surface area contributed by atoms with Crippen LogP contribution in [0.15, 0.2) is 41.6 Å². The van der Waals surface area contributed by atoms with Crippen LogP contribution in [0.2, 0.25) is 0 Å². The van der Waals surface area contributed by atoms with Crippen LogP contribution in [0.3, 0.4) is 0 Å². The van der Waals surface area contributed by atoms with Crippen LogP contribution in [-0.2, 0) is 7.05 Å². The number of aromatic nitrogens is 6. The molecule has 0 aromatic carbocycles. The fourth-order valence-electron chi connectivity index (χ4n) is 5.03. The molecule has 0 radical (unpaired) electrons. The molecule has 168 valence electrons. The summed E-state index contributed by atoms with van der Waals surface area (Å²) in [5.41, 5.74) is 3.70. The number of rotatable bonds is 5. The zero-order chi connectivity index (χ0) is 22.4. The van der Waals surface area contributed by atoms with Crippen molar-refractivity contribution < 1.29 is 0 Å². The van der Waals surface area contributed by atoms with Crippen molar-refractivity contribution in [3.05, 3.63) is 52.8 Å². The third-order valence-corrected chi connectivity index (χ3v) is 7.04. The second-order valence-electron chi connectivity index (χ2n) is 8.71. The van der Waals surface area contributed by atoms with E-state index in [9.17, 15) is 4.79 Å². The molecule has 1 N–H and O–H groups in total. The largest absolute Gasteiger partial charge is 0.349 e. The molecular formula is C23H30N8O. The summed E-state index contributed by atoms with van der Waals surface area (Å²) in [4.78, 5) is 21.9. The van der Waals surface area contributed by atoms with Gasteiger partial charge in [-0.15, -0.1) is 0 Å². The smallest absolute Gasteiger partial charge is 0.349 e. The lowest BCUT2D eigenvalue weighted by atomic mass is 9.97. The minimum Gasteiger partial charge on any atom is -0.349 e. The van der Waals surface area contributed by atoms with Gasteiger partial charge >= 0.3 is 5.69 Å². The van der Waals surface area contributed by atoms with Gasteiger partial charge in [0, 0.05) is 56.9 Å². The van der Waals surface area contributed by atoms with Crippen molar-refractivity contribution in [2.75, 3.05) is 18.0 Å². The van der Waals surface area contributed by atoms with Gasteiger partial charge in [-0.25, -0.2) is 9.31 Å². The summed E-state index contributed by atoms with van der Waals surface area (Å²) < 4.78 is 3.45. The molecule has 5 heterocycles. The van der Waals surface area contributed by atoms with Crippen LogP contribution in [0.1, 0.15) is 45.2 Å². The van der Waals surface area contributed by atoms with E-state index in [1.165, 1.54) is 5.56 Å². The minimum absolute atomic E-state index is 0.248. The Morgan fingerprint density at radius 1 is 1.19 bits per heavy atom. The van der Waals surface area contributed by atoms with Gasteiger partial charge in [-0.1, -0.05) is 13.8 Å². The van der Waals surface area contributed by atoms with E-state index < -0.39 is 0 Å². The number of hydrogen-bond acceptors (Lipinski definition) is 6. The zero-order valence-corrected chi connectivity index (χ0v) is 19.1. The van der Waals surface area contributed by atoms with E-state index in [2.05, 4.69) is 63.0 Å². The van der Waals surface area contributed by atoms with Crippen LogP contribution in [0.5, 0.6) is 0 Å². The summed E-state index contributed by atoms with van der Waals surface area (Å²) in [5, 5.41) is 11.7. The number of H-pyrrole nitrogens is 1. The first-order valence-corrected chi connectivity index (χ1v) is 11.4. The van der Waals surface area contributed by atoms with Gasteiger partial charge < -0.3 is 4.90 Å². The number of aryl methyl sites for hydroxylation is 1. The van der Waals surface area contributed by atoms with Crippen molar-refractivity contribution in [2.45, 2.75) is 51.7 Å². The van der Waals surface area contributed by atoms with Gasteiger partial charge in [-0.3, -0.25) is 14.6 Å². The molecule has 1 aliphatic heterocycles. The van der Waals surface area contributed by atoms with Crippen LogP contribution in [0, 0.1) is 0 Å². The van der Waals surface area contributed by atoms with E-state index in [4.69, 9.17) is 0 Å². The normalized spacial score (nSPS) is 20.9. The summed E-state index contributed by atoms with van der Waals surface area (Å²) in [6.45, 7) is 8.44. The molecule has 0 bridgehead atoms. The molecule has 1 saturated heterocycles. The number of aromatic amines is 1. The SMILES string of the molecule is CC[C@H]1CN(C(C)c2ccn3nccc3c2)[C@H](CC)CN1c1nc(=O)n(C)c2c[nH]nc12. The molecule has 0 saturated carbocycles. The first-order chi connectivity index (χ1) is 15.5. The van der Waals surface area contributed by atoms with Crippen LogP contribution in [0.25, 0.3) is 16.6 Å². The highest BCUT2D eigenvalue weighted by molar-refractivity contribution is 5.85. The lowest BCUT2D eigenvalue weighted by Gasteiger charge is -2.49. The maximum atomic E-state index is 12.5. The third kappa shape index (κ3) is 3.28. The Morgan fingerprint density at radius 3 is 2.78 bits per heavy atom. The quantitative estimate of drug-likeness (QED) is 0.520. The van der Waals surface area contributed by atoms with E-state index in [-0.39, 0.29) is 17.8 Å². The van der Waals surface area contributed by atoms with Gasteiger partial charge in [0.25, 0.3) is 0 Å². The molecule has 1 unspecified atom stereocenters. The fourth-order valence-corrected chi connectivity index (χ4v) is 5.03. The van der Waals surface area contributed by atoms with Crippen molar-refractivity contribution in [2.24, 2.45) is 7.05 Å². The number of fused-ring (bicyclic) bond motifs is 2. The van der Waals surface area contributed by atoms with Crippen molar-refractivity contribution in [1.29, 1.82) is 0 Å². The van der Waals surface area contributed by atoms with Crippen LogP contribution in [-0.4, -0.2) is 59.4 Å². The summed E-state index contributed by atoms with van der Waals surface area (Å²) in [7, 11) is 1.74. The summed E-state index contributed by atoms with van der Waals surface area (Å²) >= 11 is 0. The van der Waals surface area contributed by atoms with E-state index in [1.807, 2.05) is 23.0 Å². The highest BCUT2D eigenvalue weighted by Crippen LogP contribution is 2.33. The van der Waals surface area contributed by atoms with E-state index in [0.29, 0.717) is 11.9 Å². The Balaban J connectivity index is 1.49. The fraction of sp³-hybridized carbons (Fsp3) is 0.478.